The lowest BCUT2D eigenvalue weighted by Gasteiger charge is -2.11. The molecule has 8 bridgehead atoms. The van der Waals surface area contributed by atoms with Gasteiger partial charge in [0.05, 0.1) is 39.1 Å². The summed E-state index contributed by atoms with van der Waals surface area (Å²) in [6.07, 6.45) is 1.51. The van der Waals surface area contributed by atoms with E-state index in [4.69, 9.17) is 0 Å². The van der Waals surface area contributed by atoms with Gasteiger partial charge in [-0.1, -0.05) is 0 Å². The van der Waals surface area contributed by atoms with E-state index in [-0.39, 0.29) is 5.52 Å². The first kappa shape index (κ1) is 37.1. The lowest BCUT2D eigenvalue weighted by atomic mass is 10.0. The average molecular weight is 812 g/mol. The number of aromatic nitrogens is 4. The highest BCUT2D eigenvalue weighted by Crippen LogP contribution is 2.43. The number of fused-ring (bicyclic) bond motifs is 9. The average Bonchev–Trinajstić information content (AvgIpc) is 4.03. The fraction of sp³-hybridized carbons (Fsp3) is 0. The number of nitrogens with zero attached hydrogens (tertiary/aromatic N) is 1. The van der Waals surface area contributed by atoms with Crippen LogP contribution in [0.3, 0.4) is 0 Å². The summed E-state index contributed by atoms with van der Waals surface area (Å²) in [6, 6.07) is 4.32. The van der Waals surface area contributed by atoms with Gasteiger partial charge in [0.25, 0.3) is 0 Å². The van der Waals surface area contributed by atoms with Crippen molar-refractivity contribution in [1.82, 2.24) is 19.9 Å². The van der Waals surface area contributed by atoms with Gasteiger partial charge in [-0.05, 0) is 36.4 Å². The maximum absolute atomic E-state index is 15.6. The third-order valence-electron chi connectivity index (χ3n) is 9.05. The number of rotatable bonds is 3. The minimum atomic E-state index is -2.62. The van der Waals surface area contributed by atoms with Crippen molar-refractivity contribution in [1.29, 1.82) is 0 Å². The zero-order valence-corrected chi connectivity index (χ0v) is 27.1. The molecule has 4 aromatic heterocycles. The van der Waals surface area contributed by atoms with Crippen molar-refractivity contribution in [2.75, 3.05) is 0 Å². The van der Waals surface area contributed by atoms with E-state index >= 15 is 26.3 Å². The van der Waals surface area contributed by atoms with Gasteiger partial charge < -0.3 is 20.1 Å². The van der Waals surface area contributed by atoms with Crippen molar-refractivity contribution in [2.24, 2.45) is 0 Å². The summed E-state index contributed by atoms with van der Waals surface area (Å²) in [5.74, 6) is -38.0. The SMILES string of the molecule is Oc1cc2[nH]c1c1ccc([nH]1)c(-c1c(F)c(F)c(F)c(F)c1F)c1ccc([nH]1)c(-c1c(F)c(F)c(F)c(F)c1F)c1nc(c2-c2c(F)c(F)c(F)c(F)c2F)C=C1. The Morgan fingerprint density at radius 2 is 0.632 bits per heavy atom. The van der Waals surface area contributed by atoms with E-state index in [1.807, 2.05) is 0 Å². The van der Waals surface area contributed by atoms with E-state index in [0.717, 1.165) is 36.4 Å². The molecule has 0 saturated heterocycles. The van der Waals surface area contributed by atoms with E-state index in [0.29, 0.717) is 6.07 Å². The summed E-state index contributed by atoms with van der Waals surface area (Å²) in [6.45, 7) is 0. The lowest BCUT2D eigenvalue weighted by Crippen LogP contribution is -2.05. The van der Waals surface area contributed by atoms with Crippen LogP contribution in [0.2, 0.25) is 0 Å². The van der Waals surface area contributed by atoms with Gasteiger partial charge >= 0.3 is 0 Å². The fourth-order valence-electron chi connectivity index (χ4n) is 6.49. The molecule has 0 radical (unpaired) electrons. The first-order valence-corrected chi connectivity index (χ1v) is 15.6. The third kappa shape index (κ3) is 5.26. The largest absolute Gasteiger partial charge is 0.506 e. The number of aromatic amines is 3. The Morgan fingerprint density at radius 1 is 0.333 bits per heavy atom. The maximum atomic E-state index is 15.6. The second-order valence-corrected chi connectivity index (χ2v) is 12.2. The van der Waals surface area contributed by atoms with Gasteiger partial charge in [-0.3, -0.25) is 0 Å². The van der Waals surface area contributed by atoms with E-state index in [2.05, 4.69) is 19.9 Å². The molecular weight excluding hydrogens is 801 g/mol. The van der Waals surface area contributed by atoms with Gasteiger partial charge in [0.1, 0.15) is 11.3 Å². The second-order valence-electron chi connectivity index (χ2n) is 12.2. The van der Waals surface area contributed by atoms with Crippen LogP contribution in [-0.4, -0.2) is 25.0 Å². The third-order valence-corrected chi connectivity index (χ3v) is 9.05. The van der Waals surface area contributed by atoms with Crippen molar-refractivity contribution in [3.05, 3.63) is 129 Å². The van der Waals surface area contributed by atoms with Crippen molar-refractivity contribution >= 4 is 45.3 Å². The van der Waals surface area contributed by atoms with Crippen LogP contribution in [0.1, 0.15) is 11.4 Å². The van der Waals surface area contributed by atoms with Gasteiger partial charge in [0.2, 0.25) is 17.5 Å². The molecule has 3 aromatic carbocycles. The van der Waals surface area contributed by atoms with Gasteiger partial charge in [0, 0.05) is 39.3 Å². The molecule has 20 heteroatoms. The van der Waals surface area contributed by atoms with Crippen molar-refractivity contribution in [2.45, 2.75) is 0 Å². The highest BCUT2D eigenvalue weighted by molar-refractivity contribution is 6.01. The van der Waals surface area contributed by atoms with E-state index in [1.54, 1.807) is 0 Å². The van der Waals surface area contributed by atoms with Crippen LogP contribution in [0.15, 0.2) is 30.3 Å². The molecule has 0 aliphatic carbocycles. The van der Waals surface area contributed by atoms with Crippen LogP contribution in [0.25, 0.3) is 78.6 Å². The van der Waals surface area contributed by atoms with Crippen molar-refractivity contribution < 1.29 is 71.0 Å². The minimum absolute atomic E-state index is 0.307. The normalized spacial score (nSPS) is 12.1. The molecule has 8 rings (SSSR count). The van der Waals surface area contributed by atoms with Crippen LogP contribution in [-0.2, 0) is 0 Å². The van der Waals surface area contributed by atoms with Gasteiger partial charge in [-0.25, -0.2) is 70.8 Å². The molecule has 0 unspecified atom stereocenters. The highest BCUT2D eigenvalue weighted by Gasteiger charge is 2.33. The van der Waals surface area contributed by atoms with Gasteiger partial charge in [-0.15, -0.1) is 0 Å². The van der Waals surface area contributed by atoms with Gasteiger partial charge in [0.15, 0.2) is 69.8 Å². The number of hydrogen-bond donors (Lipinski definition) is 4. The second kappa shape index (κ2) is 12.8. The van der Waals surface area contributed by atoms with E-state index < -0.39 is 165 Å². The predicted octanol–water partition coefficient (Wildman–Crippen LogP) is 11.5. The number of nitrogens with one attached hydrogen (secondary N) is 3. The predicted molar refractivity (Wildman–Crippen MR) is 173 cm³/mol. The Kier molecular flexibility index (Phi) is 8.36. The topological polar surface area (TPSA) is 80.5 Å². The molecule has 0 fully saturated rings. The quantitative estimate of drug-likeness (QED) is 0.0814. The van der Waals surface area contributed by atoms with Crippen molar-refractivity contribution in [3.63, 3.8) is 0 Å². The summed E-state index contributed by atoms with van der Waals surface area (Å²) in [5.41, 5.74) is -13.1. The molecule has 7 aromatic rings. The summed E-state index contributed by atoms with van der Waals surface area (Å²) in [7, 11) is 0. The molecule has 0 spiro atoms. The van der Waals surface area contributed by atoms with E-state index in [1.165, 1.54) is 0 Å². The number of hydrogen-bond acceptors (Lipinski definition) is 2. The molecule has 0 saturated carbocycles. The standard InChI is InChI=1S/C37H11F15N4O/c38-22-19(23(39)29(45)34(50)28(22)44)16-8-1-2-10(53-8)17(20-24(40)30(46)35(51)31(47)25(20)41)11-5-6-13(55-11)37-15(57)7-14(56-37)18(12-4-3-9(16)54-12)21-26(42)32(48)36(52)33(49)27(21)43/h1-7,53,55-57H. The minimum Gasteiger partial charge on any atom is -0.506 e. The molecule has 5 heterocycles. The Morgan fingerprint density at radius 3 is 1.04 bits per heavy atom. The van der Waals surface area contributed by atoms with Crippen LogP contribution in [0.4, 0.5) is 65.9 Å². The molecule has 4 N–H and O–H groups in total. The maximum Gasteiger partial charge on any atom is 0.200 e. The monoisotopic (exact) mass is 812 g/mol. The summed E-state index contributed by atoms with van der Waals surface area (Å²) in [4.78, 5) is 11.4. The van der Waals surface area contributed by atoms with Gasteiger partial charge in [-0.2, -0.15) is 0 Å². The smallest absolute Gasteiger partial charge is 0.200 e. The molecule has 1 aliphatic heterocycles. The first-order chi connectivity index (χ1) is 26.9. The fourth-order valence-corrected chi connectivity index (χ4v) is 6.49. The number of aromatic hydroxyl groups is 1. The molecule has 290 valence electrons. The Hall–Kier alpha value is -6.86. The van der Waals surface area contributed by atoms with Crippen LogP contribution in [0.5, 0.6) is 5.75 Å². The number of benzene rings is 3. The Balaban J connectivity index is 1.67. The van der Waals surface area contributed by atoms with Crippen LogP contribution >= 0.6 is 0 Å². The summed E-state index contributed by atoms with van der Waals surface area (Å²) in [5, 5.41) is 11.0. The van der Waals surface area contributed by atoms with Crippen molar-refractivity contribution in [3.8, 4) is 39.1 Å². The summed E-state index contributed by atoms with van der Waals surface area (Å²) < 4.78 is 224. The Bertz CT molecular complexity index is 3020. The molecule has 0 amide bonds. The first-order valence-electron chi connectivity index (χ1n) is 15.6. The Labute approximate surface area is 304 Å². The zero-order chi connectivity index (χ0) is 41.1. The van der Waals surface area contributed by atoms with E-state index in [9.17, 15) is 44.6 Å². The molecule has 57 heavy (non-hydrogen) atoms. The zero-order valence-electron chi connectivity index (χ0n) is 27.1. The summed E-state index contributed by atoms with van der Waals surface area (Å²) >= 11 is 0. The molecule has 1 aliphatic rings. The van der Waals surface area contributed by atoms with Crippen LogP contribution < -0.4 is 0 Å². The molecule has 5 nitrogen and oxygen atoms in total. The molecule has 0 atom stereocenters. The molecular formula is C37H11F15N4O. The highest BCUT2D eigenvalue weighted by atomic mass is 19.2. The lowest BCUT2D eigenvalue weighted by molar-refractivity contribution is 0.381. The van der Waals surface area contributed by atoms with Crippen LogP contribution in [0, 0.1) is 87.3 Å². The number of halogens is 15. The number of H-pyrrole nitrogens is 3.